The lowest BCUT2D eigenvalue weighted by Crippen LogP contribution is -2.13. The summed E-state index contributed by atoms with van der Waals surface area (Å²) in [6, 6.07) is 0. The molecule has 0 atom stereocenters. The number of hydrogen-bond donors (Lipinski definition) is 1. The van der Waals surface area contributed by atoms with Crippen molar-refractivity contribution in [2.45, 2.75) is 39.7 Å². The van der Waals surface area contributed by atoms with Crippen LogP contribution in [0.1, 0.15) is 43.8 Å². The molecule has 1 rings (SSSR count). The van der Waals surface area contributed by atoms with Crippen molar-refractivity contribution in [1.82, 2.24) is 10.3 Å². The van der Waals surface area contributed by atoms with E-state index >= 15 is 0 Å². The molecule has 13 heavy (non-hydrogen) atoms. The van der Waals surface area contributed by atoms with Gasteiger partial charge in [0.1, 0.15) is 5.01 Å². The third-order valence-electron chi connectivity index (χ3n) is 1.86. The predicted molar refractivity (Wildman–Crippen MR) is 58.2 cm³/mol. The van der Waals surface area contributed by atoms with Gasteiger partial charge in [-0.1, -0.05) is 20.8 Å². The van der Waals surface area contributed by atoms with Crippen LogP contribution in [0.4, 0.5) is 0 Å². The van der Waals surface area contributed by atoms with E-state index in [2.05, 4.69) is 36.5 Å². The molecule has 2 nitrogen and oxygen atoms in total. The standard InChI is InChI=1S/C10H18N2S/c1-4-5-11-6-10-12-9(7-13-10)8(2)3/h7-8,11H,4-6H2,1-3H3. The summed E-state index contributed by atoms with van der Waals surface area (Å²) in [5, 5.41) is 6.72. The van der Waals surface area contributed by atoms with Gasteiger partial charge in [-0.15, -0.1) is 11.3 Å². The van der Waals surface area contributed by atoms with Crippen molar-refractivity contribution in [2.24, 2.45) is 0 Å². The van der Waals surface area contributed by atoms with Crippen LogP contribution in [0.15, 0.2) is 5.38 Å². The predicted octanol–water partition coefficient (Wildman–Crippen LogP) is 2.77. The summed E-state index contributed by atoms with van der Waals surface area (Å²) in [5.74, 6) is 0.552. The van der Waals surface area contributed by atoms with Crippen LogP contribution in [0, 0.1) is 0 Å². The van der Waals surface area contributed by atoms with E-state index in [0.717, 1.165) is 13.1 Å². The summed E-state index contributed by atoms with van der Waals surface area (Å²) in [6.45, 7) is 8.53. The van der Waals surface area contributed by atoms with Crippen LogP contribution >= 0.6 is 11.3 Å². The van der Waals surface area contributed by atoms with Crippen molar-refractivity contribution < 1.29 is 0 Å². The van der Waals surface area contributed by atoms with Gasteiger partial charge in [0, 0.05) is 11.9 Å². The van der Waals surface area contributed by atoms with Crippen molar-refractivity contribution >= 4 is 11.3 Å². The molecule has 0 radical (unpaired) electrons. The molecule has 0 amide bonds. The Hall–Kier alpha value is -0.410. The fourth-order valence-electron chi connectivity index (χ4n) is 1.04. The van der Waals surface area contributed by atoms with Gasteiger partial charge in [0.05, 0.1) is 5.69 Å². The highest BCUT2D eigenvalue weighted by molar-refractivity contribution is 7.09. The Morgan fingerprint density at radius 1 is 1.54 bits per heavy atom. The van der Waals surface area contributed by atoms with E-state index < -0.39 is 0 Å². The Morgan fingerprint density at radius 2 is 2.31 bits per heavy atom. The monoisotopic (exact) mass is 198 g/mol. The Kier molecular flexibility index (Phi) is 4.39. The molecular formula is C10H18N2S. The summed E-state index contributed by atoms with van der Waals surface area (Å²) in [5.41, 5.74) is 1.22. The summed E-state index contributed by atoms with van der Waals surface area (Å²) in [4.78, 5) is 4.54. The number of rotatable bonds is 5. The maximum absolute atomic E-state index is 4.54. The average molecular weight is 198 g/mol. The molecule has 0 fully saturated rings. The fourth-order valence-corrected chi connectivity index (χ4v) is 1.97. The van der Waals surface area contributed by atoms with Gasteiger partial charge in [-0.05, 0) is 18.9 Å². The molecule has 0 aliphatic rings. The number of aromatic nitrogens is 1. The Labute approximate surface area is 84.4 Å². The number of thiazole rings is 1. The molecule has 0 aliphatic carbocycles. The minimum Gasteiger partial charge on any atom is -0.310 e. The second-order valence-electron chi connectivity index (χ2n) is 3.50. The second-order valence-corrected chi connectivity index (χ2v) is 4.44. The number of nitrogens with one attached hydrogen (secondary N) is 1. The van der Waals surface area contributed by atoms with Crippen LogP contribution in [-0.4, -0.2) is 11.5 Å². The van der Waals surface area contributed by atoms with E-state index in [4.69, 9.17) is 0 Å². The van der Waals surface area contributed by atoms with Crippen molar-refractivity contribution in [3.8, 4) is 0 Å². The highest BCUT2D eigenvalue weighted by Crippen LogP contribution is 2.17. The Balaban J connectivity index is 2.40. The Morgan fingerprint density at radius 3 is 2.85 bits per heavy atom. The van der Waals surface area contributed by atoms with Gasteiger partial charge >= 0.3 is 0 Å². The average Bonchev–Trinajstić information content (AvgIpc) is 2.53. The first kappa shape index (κ1) is 10.7. The number of hydrogen-bond acceptors (Lipinski definition) is 3. The minimum atomic E-state index is 0.552. The van der Waals surface area contributed by atoms with Crippen LogP contribution in [0.3, 0.4) is 0 Å². The van der Waals surface area contributed by atoms with Gasteiger partial charge in [0.15, 0.2) is 0 Å². The van der Waals surface area contributed by atoms with Crippen molar-refractivity contribution in [3.05, 3.63) is 16.1 Å². The summed E-state index contributed by atoms with van der Waals surface area (Å²) >= 11 is 1.75. The zero-order valence-corrected chi connectivity index (χ0v) is 9.45. The molecule has 1 aromatic rings. The molecule has 0 unspecified atom stereocenters. The second kappa shape index (κ2) is 5.35. The lowest BCUT2D eigenvalue weighted by molar-refractivity contribution is 0.669. The molecule has 0 aromatic carbocycles. The molecule has 0 aliphatic heterocycles. The zero-order chi connectivity index (χ0) is 9.68. The first-order valence-electron chi connectivity index (χ1n) is 4.89. The maximum atomic E-state index is 4.54. The topological polar surface area (TPSA) is 24.9 Å². The van der Waals surface area contributed by atoms with E-state index in [1.807, 2.05) is 0 Å². The van der Waals surface area contributed by atoms with Gasteiger partial charge in [-0.2, -0.15) is 0 Å². The van der Waals surface area contributed by atoms with Crippen LogP contribution in [0.2, 0.25) is 0 Å². The van der Waals surface area contributed by atoms with Gasteiger partial charge in [0.2, 0.25) is 0 Å². The quantitative estimate of drug-likeness (QED) is 0.736. The van der Waals surface area contributed by atoms with E-state index in [-0.39, 0.29) is 0 Å². The molecule has 0 saturated heterocycles. The molecular weight excluding hydrogens is 180 g/mol. The smallest absolute Gasteiger partial charge is 0.107 e. The minimum absolute atomic E-state index is 0.552. The van der Waals surface area contributed by atoms with Crippen molar-refractivity contribution in [3.63, 3.8) is 0 Å². The van der Waals surface area contributed by atoms with Crippen molar-refractivity contribution in [2.75, 3.05) is 6.54 Å². The highest BCUT2D eigenvalue weighted by atomic mass is 32.1. The van der Waals surface area contributed by atoms with Crippen molar-refractivity contribution in [1.29, 1.82) is 0 Å². The third-order valence-corrected chi connectivity index (χ3v) is 2.73. The SMILES string of the molecule is CCCNCc1nc(C(C)C)cs1. The summed E-state index contributed by atoms with van der Waals surface area (Å²) in [7, 11) is 0. The van der Waals surface area contributed by atoms with Gasteiger partial charge in [0.25, 0.3) is 0 Å². The molecule has 0 bridgehead atoms. The largest absolute Gasteiger partial charge is 0.310 e. The first-order valence-corrected chi connectivity index (χ1v) is 5.77. The van der Waals surface area contributed by atoms with Crippen LogP contribution in [-0.2, 0) is 6.54 Å². The van der Waals surface area contributed by atoms with Gasteiger partial charge < -0.3 is 5.32 Å². The van der Waals surface area contributed by atoms with Crippen LogP contribution in [0.25, 0.3) is 0 Å². The Bertz CT molecular complexity index is 243. The molecule has 1 N–H and O–H groups in total. The molecule has 3 heteroatoms. The van der Waals surface area contributed by atoms with E-state index in [1.54, 1.807) is 11.3 Å². The molecule has 1 aromatic heterocycles. The summed E-state index contributed by atoms with van der Waals surface area (Å²) < 4.78 is 0. The maximum Gasteiger partial charge on any atom is 0.107 e. The van der Waals surface area contributed by atoms with Gasteiger partial charge in [-0.3, -0.25) is 0 Å². The van der Waals surface area contributed by atoms with Crippen LogP contribution < -0.4 is 5.32 Å². The number of nitrogens with zero attached hydrogens (tertiary/aromatic N) is 1. The van der Waals surface area contributed by atoms with Gasteiger partial charge in [-0.25, -0.2) is 4.98 Å². The molecule has 0 saturated carbocycles. The third kappa shape index (κ3) is 3.44. The summed E-state index contributed by atoms with van der Waals surface area (Å²) in [6.07, 6.45) is 1.18. The molecule has 74 valence electrons. The normalized spacial score (nSPS) is 11.1. The highest BCUT2D eigenvalue weighted by Gasteiger charge is 2.04. The van der Waals surface area contributed by atoms with E-state index in [0.29, 0.717) is 5.92 Å². The molecule has 0 spiro atoms. The van der Waals surface area contributed by atoms with E-state index in [9.17, 15) is 0 Å². The lowest BCUT2D eigenvalue weighted by Gasteiger charge is -1.99. The van der Waals surface area contributed by atoms with Crippen LogP contribution in [0.5, 0.6) is 0 Å². The fraction of sp³-hybridized carbons (Fsp3) is 0.700. The zero-order valence-electron chi connectivity index (χ0n) is 8.63. The molecule has 1 heterocycles. The first-order chi connectivity index (χ1) is 6.24. The van der Waals surface area contributed by atoms with E-state index in [1.165, 1.54) is 17.1 Å². The lowest BCUT2D eigenvalue weighted by atomic mass is 10.2.